The molecule has 0 N–H and O–H groups in total. The minimum Gasteiger partial charge on any atom is -0.456 e. The van der Waals surface area contributed by atoms with E-state index in [1.165, 1.54) is 216 Å². The molecule has 0 aliphatic carbocycles. The first-order valence-electron chi connectivity index (χ1n) is 53.3. The predicted octanol–water partition coefficient (Wildman–Crippen LogP) is 34.1. The molecule has 13 heteroatoms. The fourth-order valence-corrected chi connectivity index (χ4v) is 23.7. The zero-order chi connectivity index (χ0) is 106. The maximum atomic E-state index is 14.0. The Labute approximate surface area is 889 Å². The van der Waals surface area contributed by atoms with Crippen molar-refractivity contribution in [2.24, 2.45) is 35.2 Å². The van der Waals surface area contributed by atoms with E-state index in [-0.39, 0.29) is 5.82 Å². The van der Waals surface area contributed by atoms with E-state index in [9.17, 15) is 4.39 Å². The van der Waals surface area contributed by atoms with Gasteiger partial charge in [-0.25, -0.2) is 27.2 Å². The smallest absolute Gasteiger partial charge is 0.294 e. The van der Waals surface area contributed by atoms with Gasteiger partial charge in [-0.15, -0.1) is 11.3 Å². The summed E-state index contributed by atoms with van der Waals surface area (Å²) in [6, 6.07) is 110. The third kappa shape index (κ3) is 19.6. The van der Waals surface area contributed by atoms with E-state index in [0.29, 0.717) is 41.4 Å². The molecule has 11 nitrogen and oxygen atoms in total. The number of hydrogen-bond acceptors (Lipinski definition) is 2. The largest absolute Gasteiger partial charge is 0.456 e. The molecule has 0 aliphatic heterocycles. The number of aryl methyl sites for hydroxylation is 11. The topological polar surface area (TPSA) is 57.4 Å². The molecule has 23 rings (SSSR count). The van der Waals surface area contributed by atoms with Gasteiger partial charge in [0, 0.05) is 93.1 Å². The average Bonchev–Trinajstić information content (AvgIpc) is 1.54. The molecule has 0 bridgehead atoms. The Bertz CT molecular complexity index is 8640. The van der Waals surface area contributed by atoms with Crippen LogP contribution in [0.2, 0.25) is 0 Å². The summed E-state index contributed by atoms with van der Waals surface area (Å²) in [6.07, 6.45) is 19.6. The quantitative estimate of drug-likeness (QED) is 0.0624. The number of para-hydroxylation sites is 2. The number of pyridine rings is 1. The zero-order valence-corrected chi connectivity index (χ0v) is 92.7. The van der Waals surface area contributed by atoms with Crippen LogP contribution < -0.4 is 22.7 Å². The van der Waals surface area contributed by atoms with Gasteiger partial charge >= 0.3 is 0 Å². The van der Waals surface area contributed by atoms with Gasteiger partial charge in [0.05, 0.1) is 62.9 Å². The molecule has 0 unspecified atom stereocenters. The highest BCUT2D eigenvalue weighted by Crippen LogP contribution is 2.49. The zero-order valence-electron chi connectivity index (χ0n) is 91.8. The maximum absolute atomic E-state index is 14.0. The number of rotatable bonds is 18. The molecule has 8 heterocycles. The van der Waals surface area contributed by atoms with Crippen molar-refractivity contribution < 1.29 is 31.5 Å². The van der Waals surface area contributed by atoms with Crippen molar-refractivity contribution in [3.8, 4) is 102 Å². The standard InChI is InChI=1S/C32H30FN2.C29H31N2O.C29H31N2S.C29H33N2.C18H17N2/c1-22(2)26-20-29(24-11-7-5-8-12-24)31(30(21-26)25-13-9-6-10-14-25)35-18-17-34(4)32(35)28-16-15-27(33)19-23(28)3;2*1-18(2)23-17-24-22-13-9-10-14-25(22)32-28(24)26(19(3)4)27(23)31-16-15-30(6)29(31)21-12-8-7-11-20(21)5;1-20(2)26-18-24(23-13-8-7-9-14-23)19-27(21(3)4)28(26)31-17-16-30(6)29(31)25-15-11-10-12-22(25)5;1-12-7-6-9-15-14-8-4-5-10-16(14)20-11-13(2)19(3)18(20)17(12)15/h5-22H,1-4H3;2*7-19H,1-6H3;7-21H,1-6H3;4-11H,1-3H3/q5*+1. The second kappa shape index (κ2) is 43.2. The van der Waals surface area contributed by atoms with Crippen molar-refractivity contribution in [2.45, 2.75) is 180 Å². The van der Waals surface area contributed by atoms with Gasteiger partial charge < -0.3 is 4.42 Å². The first-order chi connectivity index (χ1) is 72.3. The summed E-state index contributed by atoms with van der Waals surface area (Å²) in [7, 11) is 10.6. The number of imidazole rings is 5. The number of halogens is 1. The van der Waals surface area contributed by atoms with Crippen molar-refractivity contribution in [1.82, 2.24) is 22.8 Å². The Kier molecular flexibility index (Phi) is 29.7. The van der Waals surface area contributed by atoms with Crippen LogP contribution in [0, 0.1) is 47.4 Å². The van der Waals surface area contributed by atoms with Gasteiger partial charge in [-0.3, -0.25) is 0 Å². The number of fused-ring (bicyclic) bond motifs is 12. The normalized spacial score (nSPS) is 11.7. The third-order valence-corrected chi connectivity index (χ3v) is 31.4. The minimum atomic E-state index is -0.219. The molecule has 0 amide bonds. The molecule has 0 spiro atoms. The van der Waals surface area contributed by atoms with Gasteiger partial charge in [0.25, 0.3) is 28.9 Å². The SMILES string of the molecule is Cc1cc(F)ccc1-c1n(-c2c(-c3ccccc3)cc(C(C)C)cc2-c2ccccc2)cc[n+]1C.Cc1cccc2c3ccccc3[n+]3cc(C)n(C)c3c12.Cc1ccccc1-c1n(-c2c(C(C)C)cc(-c3ccccc3)cc2C(C)C)cc[n+]1C.Cc1ccccc1-c1n(-c2c(C(C)C)cc3c(oc4ccccc43)c2C(C)C)cc[n+]1C.Cc1ccccc1-c1n(-c2c(C(C)C)cc3c(sc4ccccc43)c2C(C)C)cc[n+]1C. The molecule has 0 saturated heterocycles. The van der Waals surface area contributed by atoms with Gasteiger partial charge in [-0.2, -0.15) is 22.7 Å². The molecule has 15 aromatic carbocycles. The molecule has 0 aliphatic rings. The molecular weight excluding hydrogens is 1850 g/mol. The lowest BCUT2D eigenvalue weighted by molar-refractivity contribution is -0.659. The molecule has 0 radical (unpaired) electrons. The Morgan fingerprint density at radius 1 is 0.300 bits per heavy atom. The fraction of sp³-hybridized carbons (Fsp3) is 0.234. The molecule has 0 fully saturated rings. The summed E-state index contributed by atoms with van der Waals surface area (Å²) in [6.45, 7) is 45.0. The Morgan fingerprint density at radius 2 is 0.693 bits per heavy atom. The monoisotopic (exact) mass is 1990 g/mol. The van der Waals surface area contributed by atoms with Gasteiger partial charge in [0.15, 0.2) is 0 Å². The first kappa shape index (κ1) is 103. The van der Waals surface area contributed by atoms with Gasteiger partial charge in [0.2, 0.25) is 0 Å². The van der Waals surface area contributed by atoms with Crippen molar-refractivity contribution in [3.63, 3.8) is 0 Å². The second-order valence-electron chi connectivity index (χ2n) is 42.9. The summed E-state index contributed by atoms with van der Waals surface area (Å²) in [4.78, 5) is 0. The molecular formula is C137H142FN10OS+5. The fourth-order valence-electron chi connectivity index (χ4n) is 22.3. The van der Waals surface area contributed by atoms with Crippen LogP contribution in [0.4, 0.5) is 4.39 Å². The third-order valence-electron chi connectivity index (χ3n) is 30.2. The number of benzene rings is 15. The molecule has 23 aromatic rings. The molecule has 0 saturated carbocycles. The van der Waals surface area contributed by atoms with Gasteiger partial charge in [-0.05, 0) is 223 Å². The van der Waals surface area contributed by atoms with Gasteiger partial charge in [0.1, 0.15) is 107 Å². The number of thiophene rings is 1. The first-order valence-corrected chi connectivity index (χ1v) is 54.1. The van der Waals surface area contributed by atoms with E-state index >= 15 is 0 Å². The average molecular weight is 2000 g/mol. The van der Waals surface area contributed by atoms with Crippen LogP contribution in [0.15, 0.2) is 370 Å². The van der Waals surface area contributed by atoms with Crippen LogP contribution in [0.3, 0.4) is 0 Å². The highest BCUT2D eigenvalue weighted by molar-refractivity contribution is 7.26. The van der Waals surface area contributed by atoms with E-state index in [2.05, 4.69) is 546 Å². The van der Waals surface area contributed by atoms with E-state index in [4.69, 9.17) is 4.42 Å². The number of nitrogens with zero attached hydrogens (tertiary/aromatic N) is 10. The van der Waals surface area contributed by atoms with E-state index in [0.717, 1.165) is 33.8 Å². The van der Waals surface area contributed by atoms with E-state index in [1.54, 1.807) is 6.07 Å². The van der Waals surface area contributed by atoms with Crippen LogP contribution >= 0.6 is 11.3 Å². The van der Waals surface area contributed by atoms with Crippen LogP contribution in [0.5, 0.6) is 0 Å². The minimum absolute atomic E-state index is 0.219. The summed E-state index contributed by atoms with van der Waals surface area (Å²) in [5, 5.41) is 9.18. The Balaban J connectivity index is 0.000000119. The summed E-state index contributed by atoms with van der Waals surface area (Å²) in [5.74, 6) is 7.14. The lowest BCUT2D eigenvalue weighted by Gasteiger charge is -2.20. The summed E-state index contributed by atoms with van der Waals surface area (Å²) < 4.78 is 46.2. The van der Waals surface area contributed by atoms with Crippen LogP contribution in [0.25, 0.3) is 171 Å². The highest BCUT2D eigenvalue weighted by atomic mass is 32.1. The van der Waals surface area contributed by atoms with Crippen molar-refractivity contribution in [2.75, 3.05) is 0 Å². The van der Waals surface area contributed by atoms with Crippen molar-refractivity contribution in [3.05, 3.63) is 443 Å². The number of hydrogen-bond donors (Lipinski definition) is 0. The van der Waals surface area contributed by atoms with E-state index in [1.807, 2.05) is 37.4 Å². The van der Waals surface area contributed by atoms with Crippen LogP contribution in [-0.4, -0.2) is 22.8 Å². The van der Waals surface area contributed by atoms with Gasteiger partial charge in [-0.1, -0.05) is 315 Å². The highest BCUT2D eigenvalue weighted by Gasteiger charge is 2.36. The van der Waals surface area contributed by atoms with Crippen molar-refractivity contribution >= 4 is 80.8 Å². The maximum Gasteiger partial charge on any atom is 0.294 e. The predicted molar refractivity (Wildman–Crippen MR) is 627 cm³/mol. The molecule has 754 valence electrons. The lowest BCUT2D eigenvalue weighted by atomic mass is 9.88. The van der Waals surface area contributed by atoms with Crippen LogP contribution in [-0.2, 0) is 35.2 Å². The Morgan fingerprint density at radius 3 is 1.17 bits per heavy atom. The molecule has 150 heavy (non-hydrogen) atoms. The van der Waals surface area contributed by atoms with Crippen molar-refractivity contribution in [1.29, 1.82) is 0 Å². The summed E-state index contributed by atoms with van der Waals surface area (Å²) >= 11 is 1.94. The summed E-state index contributed by atoms with van der Waals surface area (Å²) in [5.41, 5.74) is 38.5. The molecule has 0 atom stereocenters. The number of furan rings is 1. The Hall–Kier alpha value is -15.7. The lowest BCUT2D eigenvalue weighted by Crippen LogP contribution is -2.29. The van der Waals surface area contributed by atoms with E-state index < -0.39 is 0 Å². The van der Waals surface area contributed by atoms with Crippen LogP contribution in [0.1, 0.15) is 211 Å². The second-order valence-corrected chi connectivity index (χ2v) is 44.0. The molecule has 8 aromatic heterocycles. The number of aromatic nitrogens is 10.